The Labute approximate surface area is 137 Å². The van der Waals surface area contributed by atoms with Crippen molar-refractivity contribution in [3.05, 3.63) is 64.1 Å². The number of rotatable bonds is 4. The highest BCUT2D eigenvalue weighted by Gasteiger charge is 2.10. The number of anilines is 1. The van der Waals surface area contributed by atoms with Gasteiger partial charge in [0.2, 0.25) is 0 Å². The van der Waals surface area contributed by atoms with Gasteiger partial charge in [-0.2, -0.15) is 5.26 Å². The Balaban J connectivity index is 2.20. The van der Waals surface area contributed by atoms with Crippen LogP contribution in [-0.4, -0.2) is 13.0 Å². The van der Waals surface area contributed by atoms with E-state index < -0.39 is 5.91 Å². The topological polar surface area (TPSA) is 62.1 Å². The van der Waals surface area contributed by atoms with Gasteiger partial charge in [0.05, 0.1) is 12.8 Å². The van der Waals surface area contributed by atoms with E-state index in [1.807, 2.05) is 18.2 Å². The highest BCUT2D eigenvalue weighted by molar-refractivity contribution is 9.10. The zero-order valence-corrected chi connectivity index (χ0v) is 13.4. The maximum absolute atomic E-state index is 12.2. The summed E-state index contributed by atoms with van der Waals surface area (Å²) >= 11 is 3.35. The monoisotopic (exact) mass is 356 g/mol. The van der Waals surface area contributed by atoms with Crippen molar-refractivity contribution in [3.8, 4) is 11.8 Å². The molecule has 0 bridgehead atoms. The van der Waals surface area contributed by atoms with E-state index in [-0.39, 0.29) is 5.57 Å². The molecule has 22 heavy (non-hydrogen) atoms. The molecule has 0 spiro atoms. The number of amides is 1. The number of benzene rings is 2. The molecule has 2 aromatic rings. The number of methoxy groups -OCH3 is 1. The number of nitriles is 1. The fourth-order valence-electron chi connectivity index (χ4n) is 1.77. The van der Waals surface area contributed by atoms with Crippen LogP contribution in [0.25, 0.3) is 6.08 Å². The molecule has 0 aliphatic heterocycles. The zero-order chi connectivity index (χ0) is 15.9. The molecule has 1 N–H and O–H groups in total. The van der Waals surface area contributed by atoms with Crippen molar-refractivity contribution in [1.29, 1.82) is 5.26 Å². The first-order chi connectivity index (χ1) is 10.6. The summed E-state index contributed by atoms with van der Waals surface area (Å²) in [5, 5.41) is 11.9. The highest BCUT2D eigenvalue weighted by Crippen LogP contribution is 2.22. The Bertz CT molecular complexity index is 746. The van der Waals surface area contributed by atoms with E-state index in [2.05, 4.69) is 21.2 Å². The second-order valence-electron chi connectivity index (χ2n) is 4.38. The van der Waals surface area contributed by atoms with Gasteiger partial charge in [-0.15, -0.1) is 0 Å². The van der Waals surface area contributed by atoms with Crippen LogP contribution >= 0.6 is 15.9 Å². The lowest BCUT2D eigenvalue weighted by Crippen LogP contribution is -2.13. The van der Waals surface area contributed by atoms with Crippen molar-refractivity contribution in [2.45, 2.75) is 0 Å². The highest BCUT2D eigenvalue weighted by atomic mass is 79.9. The summed E-state index contributed by atoms with van der Waals surface area (Å²) in [6.45, 7) is 0. The smallest absolute Gasteiger partial charge is 0.266 e. The molecule has 0 heterocycles. The first-order valence-corrected chi connectivity index (χ1v) is 7.25. The average molecular weight is 357 g/mol. The minimum Gasteiger partial charge on any atom is -0.497 e. The summed E-state index contributed by atoms with van der Waals surface area (Å²) in [7, 11) is 1.58. The van der Waals surface area contributed by atoms with Crippen molar-refractivity contribution < 1.29 is 9.53 Å². The number of nitrogens with one attached hydrogen (secondary N) is 1. The van der Waals surface area contributed by atoms with Gasteiger partial charge < -0.3 is 10.1 Å². The lowest BCUT2D eigenvalue weighted by molar-refractivity contribution is -0.112. The molecule has 0 fully saturated rings. The Morgan fingerprint density at radius 1 is 1.23 bits per heavy atom. The standard InChI is InChI=1S/C17H13BrN2O2/c1-22-14-8-6-12(7-9-14)10-13(11-19)17(21)20-16-5-3-2-4-15(16)18/h2-10H,1H3,(H,20,21). The molecule has 0 aliphatic carbocycles. The predicted octanol–water partition coefficient (Wildman–Crippen LogP) is 4.00. The maximum atomic E-state index is 12.2. The molecule has 0 saturated heterocycles. The van der Waals surface area contributed by atoms with E-state index >= 15 is 0 Å². The Morgan fingerprint density at radius 3 is 2.50 bits per heavy atom. The van der Waals surface area contributed by atoms with E-state index in [4.69, 9.17) is 4.74 Å². The van der Waals surface area contributed by atoms with E-state index in [0.29, 0.717) is 11.4 Å². The minimum atomic E-state index is -0.454. The van der Waals surface area contributed by atoms with E-state index in [1.54, 1.807) is 43.5 Å². The summed E-state index contributed by atoms with van der Waals surface area (Å²) in [6, 6.07) is 16.2. The summed E-state index contributed by atoms with van der Waals surface area (Å²) in [4.78, 5) is 12.2. The molecule has 110 valence electrons. The number of halogens is 1. The van der Waals surface area contributed by atoms with Gasteiger partial charge in [-0.1, -0.05) is 24.3 Å². The molecule has 0 unspecified atom stereocenters. The van der Waals surface area contributed by atoms with Gasteiger partial charge in [-0.25, -0.2) is 0 Å². The molecule has 0 aliphatic rings. The summed E-state index contributed by atoms with van der Waals surface area (Å²) < 4.78 is 5.82. The normalized spacial score (nSPS) is 10.7. The molecule has 4 nitrogen and oxygen atoms in total. The summed E-state index contributed by atoms with van der Waals surface area (Å²) in [6.07, 6.45) is 1.53. The van der Waals surface area contributed by atoms with Gasteiger partial charge >= 0.3 is 0 Å². The zero-order valence-electron chi connectivity index (χ0n) is 11.8. The number of hydrogen-bond donors (Lipinski definition) is 1. The second kappa shape index (κ2) is 7.43. The van der Waals surface area contributed by atoms with E-state index in [1.165, 1.54) is 6.08 Å². The molecular weight excluding hydrogens is 344 g/mol. The third-order valence-electron chi connectivity index (χ3n) is 2.91. The fourth-order valence-corrected chi connectivity index (χ4v) is 2.15. The third kappa shape index (κ3) is 3.96. The molecule has 0 atom stereocenters. The van der Waals surface area contributed by atoms with Crippen LogP contribution in [0.3, 0.4) is 0 Å². The number of hydrogen-bond acceptors (Lipinski definition) is 3. The lowest BCUT2D eigenvalue weighted by atomic mass is 10.1. The molecular formula is C17H13BrN2O2. The van der Waals surface area contributed by atoms with Crippen molar-refractivity contribution in [3.63, 3.8) is 0 Å². The fraction of sp³-hybridized carbons (Fsp3) is 0.0588. The van der Waals surface area contributed by atoms with Gasteiger partial charge in [0, 0.05) is 4.47 Å². The van der Waals surface area contributed by atoms with Gasteiger partial charge in [0.15, 0.2) is 0 Å². The van der Waals surface area contributed by atoms with Crippen LogP contribution in [0, 0.1) is 11.3 Å². The predicted molar refractivity (Wildman–Crippen MR) is 89.4 cm³/mol. The van der Waals surface area contributed by atoms with Crippen molar-refractivity contribution >= 4 is 33.6 Å². The quantitative estimate of drug-likeness (QED) is 0.665. The van der Waals surface area contributed by atoms with Gasteiger partial charge in [0.1, 0.15) is 17.4 Å². The first kappa shape index (κ1) is 15.8. The number of para-hydroxylation sites is 1. The van der Waals surface area contributed by atoms with Crippen LogP contribution in [0.2, 0.25) is 0 Å². The van der Waals surface area contributed by atoms with Crippen LogP contribution in [-0.2, 0) is 4.79 Å². The van der Waals surface area contributed by atoms with Gasteiger partial charge in [-0.05, 0) is 51.8 Å². The first-order valence-electron chi connectivity index (χ1n) is 6.46. The molecule has 2 rings (SSSR count). The van der Waals surface area contributed by atoms with E-state index in [9.17, 15) is 10.1 Å². The van der Waals surface area contributed by atoms with Crippen molar-refractivity contribution in [2.24, 2.45) is 0 Å². The van der Waals surface area contributed by atoms with Crippen LogP contribution in [0.5, 0.6) is 5.75 Å². The average Bonchev–Trinajstić information content (AvgIpc) is 2.55. The SMILES string of the molecule is COc1ccc(C=C(C#N)C(=O)Nc2ccccc2Br)cc1. The third-order valence-corrected chi connectivity index (χ3v) is 3.61. The summed E-state index contributed by atoms with van der Waals surface area (Å²) in [5.74, 6) is 0.263. The number of nitrogens with zero attached hydrogens (tertiary/aromatic N) is 1. The van der Waals surface area contributed by atoms with Crippen molar-refractivity contribution in [1.82, 2.24) is 0 Å². The second-order valence-corrected chi connectivity index (χ2v) is 5.23. The minimum absolute atomic E-state index is 0.0286. The van der Waals surface area contributed by atoms with Crippen LogP contribution in [0.15, 0.2) is 58.6 Å². The number of ether oxygens (including phenoxy) is 1. The van der Waals surface area contributed by atoms with Crippen LogP contribution in [0.1, 0.15) is 5.56 Å². The molecule has 0 radical (unpaired) electrons. The molecule has 5 heteroatoms. The Morgan fingerprint density at radius 2 is 1.91 bits per heavy atom. The van der Waals surface area contributed by atoms with Crippen LogP contribution < -0.4 is 10.1 Å². The van der Waals surface area contributed by atoms with E-state index in [0.717, 1.165) is 10.0 Å². The maximum Gasteiger partial charge on any atom is 0.266 e. The molecule has 1 amide bonds. The van der Waals surface area contributed by atoms with Crippen molar-refractivity contribution in [2.75, 3.05) is 12.4 Å². The molecule has 2 aromatic carbocycles. The molecule has 0 saturated carbocycles. The Hall–Kier alpha value is -2.58. The van der Waals surface area contributed by atoms with Gasteiger partial charge in [-0.3, -0.25) is 4.79 Å². The number of carbonyl (C=O) groups excluding carboxylic acids is 1. The molecule has 0 aromatic heterocycles. The van der Waals surface area contributed by atoms with Gasteiger partial charge in [0.25, 0.3) is 5.91 Å². The summed E-state index contributed by atoms with van der Waals surface area (Å²) in [5.41, 5.74) is 1.39. The lowest BCUT2D eigenvalue weighted by Gasteiger charge is -2.06. The number of carbonyl (C=O) groups is 1. The van der Waals surface area contributed by atoms with Crippen LogP contribution in [0.4, 0.5) is 5.69 Å². The Kier molecular flexibility index (Phi) is 5.34. The largest absolute Gasteiger partial charge is 0.497 e.